The quantitative estimate of drug-likeness (QED) is 0.214. The van der Waals surface area contributed by atoms with Crippen LogP contribution in [-0.4, -0.2) is 57.9 Å². The van der Waals surface area contributed by atoms with Gasteiger partial charge in [-0.15, -0.1) is 23.5 Å². The molecular formula is C63H80N2O2S2. The van der Waals surface area contributed by atoms with Gasteiger partial charge >= 0.3 is 0 Å². The zero-order valence-electron chi connectivity index (χ0n) is 42.8. The maximum absolute atomic E-state index is 6.06. The molecule has 2 fully saturated rings. The molecule has 12 aliphatic carbocycles. The van der Waals surface area contributed by atoms with E-state index < -0.39 is 0 Å². The summed E-state index contributed by atoms with van der Waals surface area (Å²) in [4.78, 5) is 8.11. The Balaban J connectivity index is 0.945. The first-order valence-corrected chi connectivity index (χ1v) is 30.3. The Morgan fingerprint density at radius 1 is 0.725 bits per heavy atom. The molecule has 0 aromatic rings. The normalized spacial score (nSPS) is 41.8. The summed E-state index contributed by atoms with van der Waals surface area (Å²) in [6, 6.07) is 1.51. The molecule has 0 bridgehead atoms. The first kappa shape index (κ1) is 44.7. The van der Waals surface area contributed by atoms with Gasteiger partial charge in [-0.05, 0) is 190 Å². The number of hydrogen-bond acceptors (Lipinski definition) is 6. The predicted octanol–water partition coefficient (Wildman–Crippen LogP) is 15.3. The van der Waals surface area contributed by atoms with Crippen LogP contribution in [0.5, 0.6) is 0 Å². The van der Waals surface area contributed by atoms with E-state index in [1.807, 2.05) is 30.9 Å². The van der Waals surface area contributed by atoms with Crippen LogP contribution in [0.4, 0.5) is 0 Å². The average Bonchev–Trinajstić information content (AvgIpc) is 3.73. The second kappa shape index (κ2) is 17.1. The summed E-state index contributed by atoms with van der Waals surface area (Å²) >= 11 is 4.69. The number of nitrogens with zero attached hydrogens (tertiary/aromatic N) is 2. The lowest BCUT2D eigenvalue weighted by Crippen LogP contribution is -2.57. The molecule has 4 nitrogen and oxygen atoms in total. The number of thioether (sulfide) groups is 2. The van der Waals surface area contributed by atoms with Gasteiger partial charge in [0.15, 0.2) is 0 Å². The molecule has 69 heavy (non-hydrogen) atoms. The Hall–Kier alpha value is -2.96. The molecule has 0 N–H and O–H groups in total. The van der Waals surface area contributed by atoms with Gasteiger partial charge in [0.25, 0.3) is 0 Å². The van der Waals surface area contributed by atoms with Gasteiger partial charge in [-0.2, -0.15) is 0 Å². The van der Waals surface area contributed by atoms with Crippen molar-refractivity contribution in [3.8, 4) is 0 Å². The van der Waals surface area contributed by atoms with Crippen LogP contribution in [0.15, 0.2) is 128 Å². The number of rotatable bonds is 9. The van der Waals surface area contributed by atoms with Gasteiger partial charge in [0.05, 0.1) is 26.0 Å². The third-order valence-corrected chi connectivity index (χ3v) is 24.7. The Morgan fingerprint density at radius 3 is 2.41 bits per heavy atom. The Bertz CT molecular complexity index is 2540. The number of ether oxygens (including phenoxy) is 2. The molecule has 0 aromatic carbocycles. The van der Waals surface area contributed by atoms with E-state index in [-0.39, 0.29) is 5.41 Å². The zero-order chi connectivity index (χ0) is 46.4. The van der Waals surface area contributed by atoms with E-state index in [1.54, 1.807) is 33.1 Å². The second-order valence-electron chi connectivity index (χ2n) is 25.2. The lowest BCUT2D eigenvalue weighted by Gasteiger charge is -2.61. The molecule has 2 heterocycles. The average molecular weight is 961 g/mol. The van der Waals surface area contributed by atoms with E-state index in [9.17, 15) is 0 Å². The van der Waals surface area contributed by atoms with Crippen LogP contribution in [0.2, 0.25) is 0 Å². The van der Waals surface area contributed by atoms with Crippen LogP contribution in [0.1, 0.15) is 143 Å². The monoisotopic (exact) mass is 961 g/mol. The van der Waals surface area contributed by atoms with Crippen molar-refractivity contribution >= 4 is 23.5 Å². The molecule has 0 spiro atoms. The summed E-state index contributed by atoms with van der Waals surface area (Å²) in [5, 5.41) is 2.04. The maximum atomic E-state index is 6.06. The van der Waals surface area contributed by atoms with Crippen LogP contribution in [0.3, 0.4) is 0 Å². The van der Waals surface area contributed by atoms with Crippen molar-refractivity contribution in [2.24, 2.45) is 64.6 Å². The molecule has 15 atom stereocenters. The predicted molar refractivity (Wildman–Crippen MR) is 287 cm³/mol. The van der Waals surface area contributed by atoms with Gasteiger partial charge in [0.1, 0.15) is 5.76 Å². The van der Waals surface area contributed by atoms with Gasteiger partial charge < -0.3 is 19.3 Å². The van der Waals surface area contributed by atoms with Crippen molar-refractivity contribution in [1.29, 1.82) is 0 Å². The topological polar surface area (TPSA) is 24.9 Å². The standard InChI is InChI=1S/C63H80N2O2S2/c1-35(2)47-34-54(64(37-21-24-39(66-5)25-22-37)51-17-11-15-44-40-13-7-9-19-55(40)68-61(44)51)49-33-50-57-36(29-30-63(50,3)4)31-53(46-28-27-42(47)58(49)59(46)57)65(38-23-26-43-48(32-38)60(43)67-6)52-18-12-16-45-41-14-8-10-20-56(41)69-62(45)52/h9-10,19-21,24,27-28,32-33,35,40-44,46-47,51-53,55-56,58-59,61H,7-8,11-18,22-23,25-26,29-31,34H2,1-6H3. The van der Waals surface area contributed by atoms with E-state index in [0.29, 0.717) is 75.3 Å². The third-order valence-electron chi connectivity index (χ3n) is 21.4. The highest BCUT2D eigenvalue weighted by Gasteiger charge is 2.59. The van der Waals surface area contributed by atoms with Crippen molar-refractivity contribution in [2.75, 3.05) is 14.2 Å². The summed E-state index contributed by atoms with van der Waals surface area (Å²) in [7, 11) is 3.80. The SMILES string of the molecule is COC1=CC=C(N(C2=C3C=C4C5=C(CCC4(C)C)CC(N(C4=CC6=C(OC)C6CC4)C4CCCC6=C4SC4C=CCCC64)C4C=CC(C(C(C)C)C2)C3C54)C2CCCC3C4CCC=CC4SC32)CC1. The molecular weight excluding hydrogens is 881 g/mol. The Labute approximate surface area is 424 Å². The van der Waals surface area contributed by atoms with E-state index in [1.165, 1.54) is 114 Å². The third kappa shape index (κ3) is 6.94. The van der Waals surface area contributed by atoms with Crippen molar-refractivity contribution < 1.29 is 9.47 Å². The summed E-state index contributed by atoms with van der Waals surface area (Å²) in [6.07, 6.45) is 49.2. The summed E-state index contributed by atoms with van der Waals surface area (Å²) in [5.41, 5.74) is 15.7. The molecule has 0 aromatic heterocycles. The maximum Gasteiger partial charge on any atom is 0.107 e. The van der Waals surface area contributed by atoms with Crippen LogP contribution < -0.4 is 0 Å². The first-order chi connectivity index (χ1) is 33.7. The number of fused-ring (bicyclic) bond motifs is 6. The van der Waals surface area contributed by atoms with Crippen LogP contribution >= 0.6 is 23.5 Å². The van der Waals surface area contributed by atoms with E-state index in [0.717, 1.165) is 36.4 Å². The molecule has 14 aliphatic rings. The Kier molecular flexibility index (Phi) is 11.1. The van der Waals surface area contributed by atoms with Gasteiger partial charge in [0, 0.05) is 73.7 Å². The molecule has 0 radical (unpaired) electrons. The highest BCUT2D eigenvalue weighted by molar-refractivity contribution is 8.04. The highest BCUT2D eigenvalue weighted by atomic mass is 32.2. The van der Waals surface area contributed by atoms with Gasteiger partial charge in [-0.25, -0.2) is 0 Å². The fraction of sp³-hybridized carbons (Fsp3) is 0.651. The Morgan fingerprint density at radius 2 is 1.58 bits per heavy atom. The fourth-order valence-electron chi connectivity index (χ4n) is 18.1. The molecule has 6 heteroatoms. The van der Waals surface area contributed by atoms with Gasteiger partial charge in [-0.1, -0.05) is 87.8 Å². The van der Waals surface area contributed by atoms with E-state index in [2.05, 4.69) is 122 Å². The smallest absolute Gasteiger partial charge is 0.107 e. The van der Waals surface area contributed by atoms with Crippen LogP contribution in [0.25, 0.3) is 0 Å². The van der Waals surface area contributed by atoms with Crippen LogP contribution in [0, 0.1) is 64.6 Å². The number of allylic oxidation sites excluding steroid dienone is 17. The molecule has 14 rings (SSSR count). The minimum Gasteiger partial charge on any atom is -0.501 e. The fourth-order valence-corrected chi connectivity index (χ4v) is 22.0. The number of hydrogen-bond donors (Lipinski definition) is 0. The number of methoxy groups -OCH3 is 2. The van der Waals surface area contributed by atoms with Crippen molar-refractivity contribution in [1.82, 2.24) is 9.80 Å². The lowest BCUT2D eigenvalue weighted by molar-refractivity contribution is 0.0627. The highest BCUT2D eigenvalue weighted by Crippen LogP contribution is 2.66. The minimum absolute atomic E-state index is 0.165. The minimum atomic E-state index is 0.165. The summed E-state index contributed by atoms with van der Waals surface area (Å²) in [5.74, 6) is 8.77. The zero-order valence-corrected chi connectivity index (χ0v) is 44.4. The van der Waals surface area contributed by atoms with Crippen molar-refractivity contribution in [2.45, 2.75) is 177 Å². The first-order valence-electron chi connectivity index (χ1n) is 28.4. The molecule has 15 unspecified atom stereocenters. The molecule has 2 aliphatic heterocycles. The van der Waals surface area contributed by atoms with Crippen LogP contribution in [-0.2, 0) is 9.47 Å². The summed E-state index contributed by atoms with van der Waals surface area (Å²) < 4.78 is 12.0. The molecule has 1 saturated carbocycles. The van der Waals surface area contributed by atoms with Crippen molar-refractivity contribution in [3.63, 3.8) is 0 Å². The second-order valence-corrected chi connectivity index (χ2v) is 27.8. The van der Waals surface area contributed by atoms with E-state index >= 15 is 0 Å². The lowest BCUT2D eigenvalue weighted by atomic mass is 9.47. The molecule has 1 saturated heterocycles. The summed E-state index contributed by atoms with van der Waals surface area (Å²) in [6.45, 7) is 10.4. The molecule has 0 amide bonds. The van der Waals surface area contributed by atoms with Gasteiger partial charge in [0.2, 0.25) is 0 Å². The van der Waals surface area contributed by atoms with E-state index in [4.69, 9.17) is 9.47 Å². The largest absolute Gasteiger partial charge is 0.501 e. The molecule has 366 valence electrons. The van der Waals surface area contributed by atoms with Crippen molar-refractivity contribution in [3.05, 3.63) is 128 Å². The van der Waals surface area contributed by atoms with Gasteiger partial charge in [-0.3, -0.25) is 0 Å².